The van der Waals surface area contributed by atoms with E-state index in [2.05, 4.69) is 22.6 Å². The van der Waals surface area contributed by atoms with Crippen molar-refractivity contribution in [1.82, 2.24) is 20.3 Å². The summed E-state index contributed by atoms with van der Waals surface area (Å²) in [7, 11) is 0. The monoisotopic (exact) mass is 268 g/mol. The second-order valence-corrected chi connectivity index (χ2v) is 4.38. The summed E-state index contributed by atoms with van der Waals surface area (Å²) in [5.74, 6) is -0.388. The Morgan fingerprint density at radius 1 is 1.39 bits per heavy atom. The van der Waals surface area contributed by atoms with E-state index in [1.807, 2.05) is 0 Å². The van der Waals surface area contributed by atoms with Crippen molar-refractivity contribution in [3.05, 3.63) is 40.9 Å². The van der Waals surface area contributed by atoms with E-state index in [1.165, 1.54) is 12.1 Å². The third-order valence-corrected chi connectivity index (χ3v) is 2.66. The summed E-state index contributed by atoms with van der Waals surface area (Å²) in [6, 6.07) is 4.30. The summed E-state index contributed by atoms with van der Waals surface area (Å²) in [5.41, 5.74) is 1.44. The van der Waals surface area contributed by atoms with E-state index in [1.54, 1.807) is 16.9 Å². The van der Waals surface area contributed by atoms with E-state index in [0.717, 1.165) is 18.7 Å². The average molecular weight is 269 g/mol. The second kappa shape index (κ2) is 5.93. The highest BCUT2D eigenvalue weighted by Crippen LogP contribution is 2.18. The number of hydrogen-bond acceptors (Lipinski definition) is 3. The number of rotatable bonds is 5. The lowest BCUT2D eigenvalue weighted by atomic mass is 10.3. The van der Waals surface area contributed by atoms with Gasteiger partial charge in [0.2, 0.25) is 0 Å². The summed E-state index contributed by atoms with van der Waals surface area (Å²) in [6.07, 6.45) is 2.70. The van der Waals surface area contributed by atoms with Crippen molar-refractivity contribution in [2.75, 3.05) is 6.54 Å². The van der Waals surface area contributed by atoms with Crippen molar-refractivity contribution in [2.24, 2.45) is 0 Å². The van der Waals surface area contributed by atoms with Gasteiger partial charge in [0.25, 0.3) is 0 Å². The molecule has 0 aliphatic heterocycles. The van der Waals surface area contributed by atoms with E-state index in [0.29, 0.717) is 17.3 Å². The normalized spacial score (nSPS) is 10.8. The molecule has 6 heteroatoms. The van der Waals surface area contributed by atoms with Crippen LogP contribution in [0.1, 0.15) is 19.0 Å². The van der Waals surface area contributed by atoms with Crippen LogP contribution in [0, 0.1) is 5.82 Å². The Bertz CT molecular complexity index is 506. The number of hydrogen-bond donors (Lipinski definition) is 1. The van der Waals surface area contributed by atoms with Crippen molar-refractivity contribution in [3.8, 4) is 5.69 Å². The Kier molecular flexibility index (Phi) is 4.28. The molecule has 2 aromatic rings. The summed E-state index contributed by atoms with van der Waals surface area (Å²) >= 11 is 5.83. The van der Waals surface area contributed by atoms with Gasteiger partial charge in [-0.25, -0.2) is 9.07 Å². The lowest BCUT2D eigenvalue weighted by Crippen LogP contribution is -2.16. The number of nitrogens with zero attached hydrogens (tertiary/aromatic N) is 3. The SMILES string of the molecule is CCCNCc1cnnn1-c1cc(F)cc(Cl)c1. The predicted molar refractivity (Wildman–Crippen MR) is 68.3 cm³/mol. The van der Waals surface area contributed by atoms with Crippen molar-refractivity contribution in [2.45, 2.75) is 19.9 Å². The molecule has 0 unspecified atom stereocenters. The second-order valence-electron chi connectivity index (χ2n) is 3.94. The van der Waals surface area contributed by atoms with Gasteiger partial charge in [0.1, 0.15) is 5.82 Å². The molecule has 0 saturated heterocycles. The molecule has 0 amide bonds. The van der Waals surface area contributed by atoms with E-state index >= 15 is 0 Å². The van der Waals surface area contributed by atoms with Gasteiger partial charge in [0.05, 0.1) is 17.6 Å². The maximum atomic E-state index is 13.3. The van der Waals surface area contributed by atoms with Crippen LogP contribution in [0.25, 0.3) is 5.69 Å². The highest BCUT2D eigenvalue weighted by molar-refractivity contribution is 6.30. The van der Waals surface area contributed by atoms with Gasteiger partial charge in [-0.3, -0.25) is 0 Å². The minimum absolute atomic E-state index is 0.341. The number of halogens is 2. The highest BCUT2D eigenvalue weighted by atomic mass is 35.5. The predicted octanol–water partition coefficient (Wildman–Crippen LogP) is 2.56. The Morgan fingerprint density at radius 2 is 2.22 bits per heavy atom. The molecule has 0 aliphatic rings. The molecule has 0 fully saturated rings. The standard InChI is InChI=1S/C12H14ClFN4/c1-2-3-15-7-12-8-16-17-18(12)11-5-9(13)4-10(14)6-11/h4-6,8,15H,2-3,7H2,1H3. The number of benzene rings is 1. The molecule has 1 heterocycles. The third-order valence-electron chi connectivity index (χ3n) is 2.44. The molecule has 0 atom stereocenters. The lowest BCUT2D eigenvalue weighted by Gasteiger charge is -2.07. The first kappa shape index (κ1) is 13.0. The van der Waals surface area contributed by atoms with Crippen molar-refractivity contribution < 1.29 is 4.39 Å². The quantitative estimate of drug-likeness (QED) is 0.848. The van der Waals surface area contributed by atoms with Gasteiger partial charge in [-0.1, -0.05) is 23.7 Å². The fourth-order valence-corrected chi connectivity index (χ4v) is 1.87. The van der Waals surface area contributed by atoms with Gasteiger partial charge in [-0.2, -0.15) is 0 Å². The molecule has 96 valence electrons. The molecular weight excluding hydrogens is 255 g/mol. The minimum Gasteiger partial charge on any atom is -0.311 e. The summed E-state index contributed by atoms with van der Waals surface area (Å²) in [4.78, 5) is 0. The molecule has 0 spiro atoms. The highest BCUT2D eigenvalue weighted by Gasteiger charge is 2.08. The summed E-state index contributed by atoms with van der Waals surface area (Å²) in [6.45, 7) is 3.64. The molecule has 1 aromatic heterocycles. The zero-order valence-electron chi connectivity index (χ0n) is 10.0. The topological polar surface area (TPSA) is 42.7 Å². The first-order chi connectivity index (χ1) is 8.70. The molecule has 0 bridgehead atoms. The molecule has 4 nitrogen and oxygen atoms in total. The van der Waals surface area contributed by atoms with Crippen LogP contribution in [0.3, 0.4) is 0 Å². The molecular formula is C12H14ClFN4. The van der Waals surface area contributed by atoms with Crippen LogP contribution in [0.2, 0.25) is 5.02 Å². The van der Waals surface area contributed by atoms with E-state index < -0.39 is 0 Å². The van der Waals surface area contributed by atoms with Crippen LogP contribution in [-0.2, 0) is 6.54 Å². The van der Waals surface area contributed by atoms with Gasteiger partial charge in [-0.15, -0.1) is 5.10 Å². The number of aromatic nitrogens is 3. The molecule has 1 N–H and O–H groups in total. The molecule has 0 radical (unpaired) electrons. The number of nitrogens with one attached hydrogen (secondary N) is 1. The summed E-state index contributed by atoms with van der Waals surface area (Å²) in [5, 5.41) is 11.4. The van der Waals surface area contributed by atoms with Gasteiger partial charge >= 0.3 is 0 Å². The van der Waals surface area contributed by atoms with Crippen LogP contribution in [0.15, 0.2) is 24.4 Å². The van der Waals surface area contributed by atoms with Crippen LogP contribution < -0.4 is 5.32 Å². The smallest absolute Gasteiger partial charge is 0.126 e. The maximum Gasteiger partial charge on any atom is 0.126 e. The fraction of sp³-hybridized carbons (Fsp3) is 0.333. The first-order valence-electron chi connectivity index (χ1n) is 5.77. The first-order valence-corrected chi connectivity index (χ1v) is 6.15. The van der Waals surface area contributed by atoms with E-state index in [4.69, 9.17) is 11.6 Å². The Labute approximate surface area is 110 Å². The Balaban J connectivity index is 2.24. The zero-order valence-corrected chi connectivity index (χ0v) is 10.8. The van der Waals surface area contributed by atoms with Gasteiger partial charge in [-0.05, 0) is 31.2 Å². The molecule has 2 rings (SSSR count). The van der Waals surface area contributed by atoms with Crippen LogP contribution in [0.5, 0.6) is 0 Å². The summed E-state index contributed by atoms with van der Waals surface area (Å²) < 4.78 is 14.9. The van der Waals surface area contributed by atoms with E-state index in [9.17, 15) is 4.39 Å². The van der Waals surface area contributed by atoms with Gasteiger partial charge in [0.15, 0.2) is 0 Å². The molecule has 0 saturated carbocycles. The van der Waals surface area contributed by atoms with Crippen LogP contribution in [0.4, 0.5) is 4.39 Å². The Hall–Kier alpha value is -1.46. The maximum absolute atomic E-state index is 13.3. The van der Waals surface area contributed by atoms with Crippen molar-refractivity contribution in [3.63, 3.8) is 0 Å². The fourth-order valence-electron chi connectivity index (χ4n) is 1.65. The molecule has 18 heavy (non-hydrogen) atoms. The lowest BCUT2D eigenvalue weighted by molar-refractivity contribution is 0.619. The molecule has 0 aliphatic carbocycles. The largest absolute Gasteiger partial charge is 0.311 e. The molecule has 1 aromatic carbocycles. The Morgan fingerprint density at radius 3 is 2.94 bits per heavy atom. The van der Waals surface area contributed by atoms with Gasteiger partial charge < -0.3 is 5.32 Å². The van der Waals surface area contributed by atoms with Gasteiger partial charge in [0, 0.05) is 11.6 Å². The van der Waals surface area contributed by atoms with Crippen molar-refractivity contribution in [1.29, 1.82) is 0 Å². The van der Waals surface area contributed by atoms with Crippen LogP contribution >= 0.6 is 11.6 Å². The third kappa shape index (κ3) is 3.05. The van der Waals surface area contributed by atoms with Crippen LogP contribution in [-0.4, -0.2) is 21.5 Å². The van der Waals surface area contributed by atoms with Crippen molar-refractivity contribution >= 4 is 11.6 Å². The zero-order chi connectivity index (χ0) is 13.0. The van der Waals surface area contributed by atoms with E-state index in [-0.39, 0.29) is 5.82 Å². The minimum atomic E-state index is -0.388. The average Bonchev–Trinajstić information content (AvgIpc) is 2.76.